The van der Waals surface area contributed by atoms with E-state index >= 15 is 0 Å². The molecule has 0 bridgehead atoms. The maximum Gasteiger partial charge on any atom is 0.275 e. The van der Waals surface area contributed by atoms with E-state index in [1.807, 2.05) is 31.2 Å². The van der Waals surface area contributed by atoms with E-state index in [-0.39, 0.29) is 5.91 Å². The number of rotatable bonds is 3. The molecule has 118 valence electrons. The fraction of sp³-hybridized carbons (Fsp3) is 0.0588. The van der Waals surface area contributed by atoms with Gasteiger partial charge >= 0.3 is 0 Å². The third-order valence-electron chi connectivity index (χ3n) is 3.51. The van der Waals surface area contributed by atoms with E-state index in [2.05, 4.69) is 25.3 Å². The van der Waals surface area contributed by atoms with E-state index < -0.39 is 0 Å². The van der Waals surface area contributed by atoms with Gasteiger partial charge in [-0.25, -0.2) is 15.0 Å². The van der Waals surface area contributed by atoms with Crippen molar-refractivity contribution in [1.82, 2.24) is 19.9 Å². The Balaban J connectivity index is 1.56. The topological polar surface area (TPSA) is 83.6 Å². The minimum atomic E-state index is -0.250. The van der Waals surface area contributed by atoms with Crippen LogP contribution in [0.1, 0.15) is 16.2 Å². The number of aryl methyl sites for hydroxylation is 1. The summed E-state index contributed by atoms with van der Waals surface area (Å²) in [4.78, 5) is 28.2. The highest BCUT2D eigenvalue weighted by molar-refractivity contribution is 7.13. The Morgan fingerprint density at radius 3 is 2.88 bits per heavy atom. The molecule has 24 heavy (non-hydrogen) atoms. The third-order valence-corrected chi connectivity index (χ3v) is 4.35. The van der Waals surface area contributed by atoms with Crippen LogP contribution < -0.4 is 5.32 Å². The zero-order valence-corrected chi connectivity index (χ0v) is 13.6. The van der Waals surface area contributed by atoms with Gasteiger partial charge in [-0.05, 0) is 37.3 Å². The highest BCUT2D eigenvalue weighted by Gasteiger charge is 2.13. The number of hydrogen-bond donors (Lipinski definition) is 2. The summed E-state index contributed by atoms with van der Waals surface area (Å²) >= 11 is 1.35. The van der Waals surface area contributed by atoms with Gasteiger partial charge in [0.2, 0.25) is 0 Å². The summed E-state index contributed by atoms with van der Waals surface area (Å²) in [7, 11) is 0. The van der Waals surface area contributed by atoms with E-state index in [1.54, 1.807) is 23.8 Å². The first kappa shape index (κ1) is 14.5. The van der Waals surface area contributed by atoms with Crippen molar-refractivity contribution in [1.29, 1.82) is 0 Å². The van der Waals surface area contributed by atoms with Gasteiger partial charge in [-0.3, -0.25) is 4.79 Å². The normalized spacial score (nSPS) is 10.9. The van der Waals surface area contributed by atoms with Gasteiger partial charge in [0.15, 0.2) is 10.8 Å². The van der Waals surface area contributed by atoms with E-state index in [0.717, 1.165) is 22.3 Å². The Morgan fingerprint density at radius 1 is 1.21 bits per heavy atom. The SMILES string of the molecule is Cc1cc2cc(NC(=O)c3csc(-c4ncccn4)n3)ccc2[nH]1. The lowest BCUT2D eigenvalue weighted by Gasteiger charge is -2.03. The number of anilines is 1. The summed E-state index contributed by atoms with van der Waals surface area (Å²) in [5, 5.41) is 6.26. The standard InChI is InChI=1S/C17H13N5OS/c1-10-7-11-8-12(3-4-13(11)20-10)21-16(23)14-9-24-17(22-14)15-18-5-2-6-19-15/h2-9,20H,1H3,(H,21,23). The van der Waals surface area contributed by atoms with Crippen LogP contribution >= 0.6 is 11.3 Å². The second kappa shape index (κ2) is 5.86. The van der Waals surface area contributed by atoms with Crippen LogP contribution in [0.2, 0.25) is 0 Å². The second-order valence-corrected chi connectivity index (χ2v) is 6.18. The number of amides is 1. The second-order valence-electron chi connectivity index (χ2n) is 5.32. The number of aromatic nitrogens is 4. The number of aromatic amines is 1. The number of nitrogens with zero attached hydrogens (tertiary/aromatic N) is 3. The highest BCUT2D eigenvalue weighted by atomic mass is 32.1. The number of H-pyrrole nitrogens is 1. The van der Waals surface area contributed by atoms with E-state index in [1.165, 1.54) is 11.3 Å². The van der Waals surface area contributed by atoms with Crippen molar-refractivity contribution >= 4 is 33.8 Å². The number of hydrogen-bond acceptors (Lipinski definition) is 5. The quantitative estimate of drug-likeness (QED) is 0.599. The predicted octanol–water partition coefficient (Wildman–Crippen LogP) is 3.64. The highest BCUT2D eigenvalue weighted by Crippen LogP contribution is 2.22. The average Bonchev–Trinajstić information content (AvgIpc) is 3.21. The molecule has 3 aromatic heterocycles. The molecule has 3 heterocycles. The van der Waals surface area contributed by atoms with Gasteiger partial charge in [-0.1, -0.05) is 0 Å². The Hall–Kier alpha value is -3.06. The average molecular weight is 335 g/mol. The van der Waals surface area contributed by atoms with Gasteiger partial charge in [-0.2, -0.15) is 0 Å². The van der Waals surface area contributed by atoms with E-state index in [9.17, 15) is 4.79 Å². The van der Waals surface area contributed by atoms with Crippen LogP contribution in [-0.2, 0) is 0 Å². The van der Waals surface area contributed by atoms with Gasteiger partial charge in [0, 0.05) is 40.1 Å². The van der Waals surface area contributed by atoms with Gasteiger partial charge in [0.1, 0.15) is 5.69 Å². The number of fused-ring (bicyclic) bond motifs is 1. The molecule has 7 heteroatoms. The lowest BCUT2D eigenvalue weighted by atomic mass is 10.2. The molecule has 0 saturated carbocycles. The summed E-state index contributed by atoms with van der Waals surface area (Å²) in [6.45, 7) is 2.00. The molecule has 1 amide bonds. The van der Waals surface area contributed by atoms with Crippen molar-refractivity contribution in [3.8, 4) is 10.8 Å². The number of thiazole rings is 1. The molecule has 0 aliphatic heterocycles. The van der Waals surface area contributed by atoms with Crippen LogP contribution in [0, 0.1) is 6.92 Å². The fourth-order valence-electron chi connectivity index (χ4n) is 2.44. The van der Waals surface area contributed by atoms with Gasteiger partial charge in [0.25, 0.3) is 5.91 Å². The molecular weight excluding hydrogens is 322 g/mol. The molecule has 0 radical (unpaired) electrons. The van der Waals surface area contributed by atoms with Gasteiger partial charge in [0.05, 0.1) is 0 Å². The third kappa shape index (κ3) is 2.77. The molecule has 2 N–H and O–H groups in total. The molecule has 0 spiro atoms. The number of carbonyl (C=O) groups is 1. The maximum atomic E-state index is 12.4. The first-order valence-electron chi connectivity index (χ1n) is 7.33. The van der Waals surface area contributed by atoms with Crippen molar-refractivity contribution in [2.24, 2.45) is 0 Å². The largest absolute Gasteiger partial charge is 0.359 e. The summed E-state index contributed by atoms with van der Waals surface area (Å²) in [5.41, 5.74) is 3.22. The van der Waals surface area contributed by atoms with Crippen LogP contribution in [0.4, 0.5) is 5.69 Å². The molecule has 0 fully saturated rings. The van der Waals surface area contributed by atoms with Crippen LogP contribution in [0.15, 0.2) is 48.1 Å². The zero-order valence-electron chi connectivity index (χ0n) is 12.8. The van der Waals surface area contributed by atoms with Crippen molar-refractivity contribution < 1.29 is 4.79 Å². The molecular formula is C17H13N5OS. The molecule has 0 aliphatic carbocycles. The van der Waals surface area contributed by atoms with E-state index in [0.29, 0.717) is 16.5 Å². The lowest BCUT2D eigenvalue weighted by Crippen LogP contribution is -2.12. The minimum absolute atomic E-state index is 0.250. The maximum absolute atomic E-state index is 12.4. The molecule has 0 saturated heterocycles. The summed E-state index contributed by atoms with van der Waals surface area (Å²) in [6, 6.07) is 9.53. The first-order valence-corrected chi connectivity index (χ1v) is 8.21. The predicted molar refractivity (Wildman–Crippen MR) is 94.1 cm³/mol. The Kier molecular flexibility index (Phi) is 3.55. The molecule has 0 aliphatic rings. The van der Waals surface area contributed by atoms with E-state index in [4.69, 9.17) is 0 Å². The van der Waals surface area contributed by atoms with Crippen LogP contribution in [-0.4, -0.2) is 25.8 Å². The zero-order chi connectivity index (χ0) is 16.5. The lowest BCUT2D eigenvalue weighted by molar-refractivity contribution is 0.102. The summed E-state index contributed by atoms with van der Waals surface area (Å²) in [6.07, 6.45) is 3.30. The van der Waals surface area contributed by atoms with Gasteiger partial charge in [-0.15, -0.1) is 11.3 Å². The Bertz CT molecular complexity index is 1020. The smallest absolute Gasteiger partial charge is 0.275 e. The van der Waals surface area contributed by atoms with Crippen LogP contribution in [0.3, 0.4) is 0 Å². The Morgan fingerprint density at radius 2 is 2.04 bits per heavy atom. The van der Waals surface area contributed by atoms with Crippen LogP contribution in [0.25, 0.3) is 21.7 Å². The Labute approximate surface area is 141 Å². The molecule has 4 rings (SSSR count). The molecule has 0 atom stereocenters. The summed E-state index contributed by atoms with van der Waals surface area (Å²) < 4.78 is 0. The van der Waals surface area contributed by atoms with Gasteiger partial charge < -0.3 is 10.3 Å². The molecule has 1 aromatic carbocycles. The van der Waals surface area contributed by atoms with Crippen molar-refractivity contribution in [2.75, 3.05) is 5.32 Å². The first-order chi connectivity index (χ1) is 11.7. The monoisotopic (exact) mass is 335 g/mol. The number of nitrogens with one attached hydrogen (secondary N) is 2. The van der Waals surface area contributed by atoms with Crippen molar-refractivity contribution in [3.05, 3.63) is 59.5 Å². The minimum Gasteiger partial charge on any atom is -0.359 e. The van der Waals surface area contributed by atoms with Crippen molar-refractivity contribution in [3.63, 3.8) is 0 Å². The summed E-state index contributed by atoms with van der Waals surface area (Å²) in [5.74, 6) is 0.269. The van der Waals surface area contributed by atoms with Crippen LogP contribution in [0.5, 0.6) is 0 Å². The fourth-order valence-corrected chi connectivity index (χ4v) is 3.19. The number of carbonyl (C=O) groups excluding carboxylic acids is 1. The number of benzene rings is 1. The van der Waals surface area contributed by atoms with Crippen molar-refractivity contribution in [2.45, 2.75) is 6.92 Å². The molecule has 6 nitrogen and oxygen atoms in total. The molecule has 0 unspecified atom stereocenters. The molecule has 4 aromatic rings.